The summed E-state index contributed by atoms with van der Waals surface area (Å²) in [6.45, 7) is 23.1. The minimum absolute atomic E-state index is 1.10. The van der Waals surface area contributed by atoms with Gasteiger partial charge in [0.1, 0.15) is 0 Å². The molecule has 150 valence electrons. The lowest BCUT2D eigenvalue weighted by Crippen LogP contribution is -1.93. The van der Waals surface area contributed by atoms with Crippen molar-refractivity contribution in [3.63, 3.8) is 0 Å². The van der Waals surface area contributed by atoms with E-state index in [0.29, 0.717) is 0 Å². The third-order valence-corrected chi connectivity index (χ3v) is 5.68. The summed E-state index contributed by atoms with van der Waals surface area (Å²) in [5, 5.41) is 0. The van der Waals surface area contributed by atoms with Gasteiger partial charge in [0, 0.05) is 0 Å². The molecule has 0 aliphatic heterocycles. The van der Waals surface area contributed by atoms with E-state index in [0.717, 1.165) is 5.57 Å². The van der Waals surface area contributed by atoms with Crippen LogP contribution in [0.5, 0.6) is 0 Å². The zero-order chi connectivity index (χ0) is 21.7. The first-order valence-electron chi connectivity index (χ1n) is 10.2. The topological polar surface area (TPSA) is 0 Å². The molecule has 0 heteroatoms. The minimum Gasteiger partial charge on any atom is -0.0990 e. The van der Waals surface area contributed by atoms with Gasteiger partial charge in [-0.2, -0.15) is 0 Å². The van der Waals surface area contributed by atoms with Crippen LogP contribution in [-0.2, 0) is 0 Å². The summed E-state index contributed by atoms with van der Waals surface area (Å²) in [5.41, 5.74) is 13.7. The van der Waals surface area contributed by atoms with Crippen molar-refractivity contribution in [2.24, 2.45) is 0 Å². The highest BCUT2D eigenvalue weighted by molar-refractivity contribution is 5.82. The largest absolute Gasteiger partial charge is 0.0990 e. The van der Waals surface area contributed by atoms with Crippen molar-refractivity contribution < 1.29 is 0 Å². The number of benzene rings is 2. The highest BCUT2D eigenvalue weighted by atomic mass is 14.1. The normalized spacial score (nSPS) is 13.2. The summed E-state index contributed by atoms with van der Waals surface area (Å²) in [5.74, 6) is 0. The third kappa shape index (κ3) is 5.35. The molecule has 0 heterocycles. The molecule has 0 nitrogen and oxygen atoms in total. The Kier molecular flexibility index (Phi) is 7.40. The Hall–Kier alpha value is -2.86. The van der Waals surface area contributed by atoms with Gasteiger partial charge in [-0.25, -0.2) is 0 Å². The quantitative estimate of drug-likeness (QED) is 0.438. The smallest absolute Gasteiger partial charge is 0.0152 e. The lowest BCUT2D eigenvalue weighted by atomic mass is 9.91. The maximum Gasteiger partial charge on any atom is -0.0152 e. The molecular formula is C29H34. The van der Waals surface area contributed by atoms with E-state index < -0.39 is 0 Å². The van der Waals surface area contributed by atoms with Gasteiger partial charge < -0.3 is 0 Å². The fourth-order valence-electron chi connectivity index (χ4n) is 3.56. The second kappa shape index (κ2) is 9.56. The van der Waals surface area contributed by atoms with Crippen molar-refractivity contribution in [1.82, 2.24) is 0 Å². The lowest BCUT2D eigenvalue weighted by molar-refractivity contribution is 1.31. The van der Waals surface area contributed by atoms with Crippen LogP contribution in [0.4, 0.5) is 0 Å². The molecule has 0 saturated heterocycles. The standard InChI is InChI=1S/C29H34/c1-10-11-29(27-13-12-20(4)21(5)17-27)25(9)22(6)16-23(7)28-15-14-26(19(2)3)18-24(28)8/h10-18H,1-2H2,3-9H3/b23-16+,25-22+,29-11+. The molecule has 0 aliphatic carbocycles. The first-order chi connectivity index (χ1) is 13.6. The van der Waals surface area contributed by atoms with Crippen LogP contribution < -0.4 is 0 Å². The lowest BCUT2D eigenvalue weighted by Gasteiger charge is -2.14. The fourth-order valence-corrected chi connectivity index (χ4v) is 3.56. The molecule has 0 aromatic heterocycles. The van der Waals surface area contributed by atoms with Crippen LogP contribution in [0.1, 0.15) is 61.1 Å². The summed E-state index contributed by atoms with van der Waals surface area (Å²) in [7, 11) is 0. The van der Waals surface area contributed by atoms with Crippen LogP contribution in [0, 0.1) is 20.8 Å². The third-order valence-electron chi connectivity index (χ3n) is 5.68. The van der Waals surface area contributed by atoms with Crippen LogP contribution in [0.2, 0.25) is 0 Å². The van der Waals surface area contributed by atoms with Crippen molar-refractivity contribution in [2.75, 3.05) is 0 Å². The van der Waals surface area contributed by atoms with Crippen LogP contribution in [0.25, 0.3) is 16.7 Å². The molecule has 0 fully saturated rings. The molecule has 0 radical (unpaired) electrons. The van der Waals surface area contributed by atoms with Crippen molar-refractivity contribution in [1.29, 1.82) is 0 Å². The molecule has 0 spiro atoms. The van der Waals surface area contributed by atoms with E-state index in [4.69, 9.17) is 0 Å². The van der Waals surface area contributed by atoms with Crippen LogP contribution in [0.15, 0.2) is 78.9 Å². The predicted octanol–water partition coefficient (Wildman–Crippen LogP) is 8.65. The summed E-state index contributed by atoms with van der Waals surface area (Å²) in [4.78, 5) is 0. The molecule has 0 aliphatic rings. The van der Waals surface area contributed by atoms with Gasteiger partial charge in [0.25, 0.3) is 0 Å². The van der Waals surface area contributed by atoms with E-state index in [1.54, 1.807) is 0 Å². The monoisotopic (exact) mass is 382 g/mol. The Bertz CT molecular complexity index is 1040. The van der Waals surface area contributed by atoms with Crippen molar-refractivity contribution in [3.8, 4) is 0 Å². The number of rotatable bonds is 6. The molecule has 0 amide bonds. The second-order valence-electron chi connectivity index (χ2n) is 8.06. The summed E-state index contributed by atoms with van der Waals surface area (Å²) in [6.07, 6.45) is 6.27. The highest BCUT2D eigenvalue weighted by Crippen LogP contribution is 2.30. The van der Waals surface area contributed by atoms with Gasteiger partial charge in [0.2, 0.25) is 0 Å². The van der Waals surface area contributed by atoms with Gasteiger partial charge in [0.05, 0.1) is 0 Å². The maximum atomic E-state index is 4.05. The number of hydrogen-bond acceptors (Lipinski definition) is 0. The van der Waals surface area contributed by atoms with E-state index >= 15 is 0 Å². The van der Waals surface area contributed by atoms with Gasteiger partial charge in [0.15, 0.2) is 0 Å². The van der Waals surface area contributed by atoms with Crippen molar-refractivity contribution >= 4 is 16.7 Å². The molecule has 0 unspecified atom stereocenters. The van der Waals surface area contributed by atoms with Crippen LogP contribution in [0.3, 0.4) is 0 Å². The van der Waals surface area contributed by atoms with E-state index in [-0.39, 0.29) is 0 Å². The SMILES string of the molecule is C=C\C=C(/C(C)=C(C)/C=C(\C)c1ccc(C(=C)C)cc1C)c1ccc(C)c(C)c1. The first-order valence-corrected chi connectivity index (χ1v) is 10.2. The Morgan fingerprint density at radius 2 is 1.41 bits per heavy atom. The molecule has 2 aromatic carbocycles. The van der Waals surface area contributed by atoms with Gasteiger partial charge >= 0.3 is 0 Å². The van der Waals surface area contributed by atoms with Gasteiger partial charge in [-0.15, -0.1) is 0 Å². The van der Waals surface area contributed by atoms with E-state index in [2.05, 4.69) is 103 Å². The molecule has 29 heavy (non-hydrogen) atoms. The number of hydrogen-bond donors (Lipinski definition) is 0. The molecule has 0 bridgehead atoms. The van der Waals surface area contributed by atoms with Crippen molar-refractivity contribution in [2.45, 2.75) is 48.5 Å². The van der Waals surface area contributed by atoms with Crippen molar-refractivity contribution in [3.05, 3.63) is 112 Å². The average Bonchev–Trinajstić information content (AvgIpc) is 2.67. The Morgan fingerprint density at radius 3 is 1.97 bits per heavy atom. The zero-order valence-corrected chi connectivity index (χ0v) is 19.1. The van der Waals surface area contributed by atoms with Gasteiger partial charge in [-0.3, -0.25) is 0 Å². The number of aryl methyl sites for hydroxylation is 3. The average molecular weight is 383 g/mol. The summed E-state index contributed by atoms with van der Waals surface area (Å²) >= 11 is 0. The Morgan fingerprint density at radius 1 is 0.793 bits per heavy atom. The molecule has 0 saturated carbocycles. The molecular weight excluding hydrogens is 348 g/mol. The van der Waals surface area contributed by atoms with E-state index in [1.807, 2.05) is 13.0 Å². The minimum atomic E-state index is 1.10. The van der Waals surface area contributed by atoms with E-state index in [9.17, 15) is 0 Å². The zero-order valence-electron chi connectivity index (χ0n) is 19.1. The Balaban J connectivity index is 2.49. The van der Waals surface area contributed by atoms with Crippen LogP contribution >= 0.6 is 0 Å². The fraction of sp³-hybridized carbons (Fsp3) is 0.241. The van der Waals surface area contributed by atoms with Gasteiger partial charge in [-0.05, 0) is 104 Å². The summed E-state index contributed by atoms with van der Waals surface area (Å²) < 4.78 is 0. The molecule has 2 aromatic rings. The number of allylic oxidation sites excluding steroid dienone is 8. The molecule has 2 rings (SSSR count). The van der Waals surface area contributed by atoms with Crippen LogP contribution in [-0.4, -0.2) is 0 Å². The highest BCUT2D eigenvalue weighted by Gasteiger charge is 2.09. The maximum absolute atomic E-state index is 4.05. The van der Waals surface area contributed by atoms with Gasteiger partial charge in [-0.1, -0.05) is 73.4 Å². The molecule has 0 N–H and O–H groups in total. The van der Waals surface area contributed by atoms with E-state index in [1.165, 1.54) is 55.7 Å². The molecule has 0 atom stereocenters. The summed E-state index contributed by atoms with van der Waals surface area (Å²) in [6, 6.07) is 13.2. The second-order valence-corrected chi connectivity index (χ2v) is 8.06. The first kappa shape index (κ1) is 22.4. The predicted molar refractivity (Wildman–Crippen MR) is 132 cm³/mol. The Labute approximate surface area is 177 Å².